The molecular weight excluding hydrogens is 470 g/mol. The van der Waals surface area contributed by atoms with Crippen LogP contribution in [0.15, 0.2) is 88.9 Å². The van der Waals surface area contributed by atoms with Crippen LogP contribution in [0.5, 0.6) is 5.75 Å². The van der Waals surface area contributed by atoms with E-state index in [0.717, 1.165) is 22.0 Å². The van der Waals surface area contributed by atoms with E-state index in [-0.39, 0.29) is 10.0 Å². The summed E-state index contributed by atoms with van der Waals surface area (Å²) in [6.07, 6.45) is 0.358. The van der Waals surface area contributed by atoms with Crippen LogP contribution < -0.4 is 4.74 Å². The van der Waals surface area contributed by atoms with Crippen LogP contribution in [0.2, 0.25) is 5.15 Å². The molecule has 0 aliphatic carbocycles. The van der Waals surface area contributed by atoms with E-state index >= 15 is 0 Å². The van der Waals surface area contributed by atoms with Gasteiger partial charge in [0.1, 0.15) is 10.9 Å². The Morgan fingerprint density at radius 3 is 2.44 bits per heavy atom. The summed E-state index contributed by atoms with van der Waals surface area (Å²) < 4.78 is 33.7. The fourth-order valence-electron chi connectivity index (χ4n) is 4.17. The van der Waals surface area contributed by atoms with Crippen LogP contribution in [-0.4, -0.2) is 30.6 Å². The number of benzene rings is 3. The maximum atomic E-state index is 13.7. The van der Waals surface area contributed by atoms with Crippen molar-refractivity contribution >= 4 is 38.2 Å². The molecular formula is C26H22ClN3O3S. The number of hydrazone groups is 1. The van der Waals surface area contributed by atoms with Crippen molar-refractivity contribution in [3.8, 4) is 5.75 Å². The molecule has 5 rings (SSSR count). The van der Waals surface area contributed by atoms with Crippen LogP contribution in [-0.2, 0) is 10.0 Å². The van der Waals surface area contributed by atoms with Gasteiger partial charge in [-0.25, -0.2) is 4.98 Å². The number of rotatable bonds is 5. The number of halogens is 1. The molecule has 34 heavy (non-hydrogen) atoms. The molecule has 1 unspecified atom stereocenters. The van der Waals surface area contributed by atoms with Crippen LogP contribution in [0.25, 0.3) is 10.9 Å². The van der Waals surface area contributed by atoms with Crippen LogP contribution in [0.4, 0.5) is 0 Å². The third-order valence-electron chi connectivity index (χ3n) is 5.97. The lowest BCUT2D eigenvalue weighted by molar-refractivity contribution is 0.371. The maximum Gasteiger partial charge on any atom is 0.279 e. The summed E-state index contributed by atoms with van der Waals surface area (Å²) in [6, 6.07) is 22.9. The minimum atomic E-state index is -3.93. The zero-order chi connectivity index (χ0) is 23.9. The van der Waals surface area contributed by atoms with Crippen LogP contribution in [0, 0.1) is 6.92 Å². The molecule has 2 heterocycles. The molecule has 1 aliphatic heterocycles. The minimum absolute atomic E-state index is 0.167. The van der Waals surface area contributed by atoms with Gasteiger partial charge >= 0.3 is 0 Å². The summed E-state index contributed by atoms with van der Waals surface area (Å²) in [4.78, 5) is 4.77. The van der Waals surface area contributed by atoms with Gasteiger partial charge in [-0.1, -0.05) is 48.0 Å². The Morgan fingerprint density at radius 2 is 1.74 bits per heavy atom. The molecule has 1 aromatic heterocycles. The van der Waals surface area contributed by atoms with Gasteiger partial charge < -0.3 is 4.74 Å². The average Bonchev–Trinajstić information content (AvgIpc) is 3.31. The topological polar surface area (TPSA) is 71.9 Å². The van der Waals surface area contributed by atoms with Gasteiger partial charge in [-0.2, -0.15) is 17.9 Å². The summed E-state index contributed by atoms with van der Waals surface area (Å²) in [7, 11) is -2.33. The van der Waals surface area contributed by atoms with Gasteiger partial charge in [-0.05, 0) is 60.5 Å². The number of nitrogens with zero attached hydrogens (tertiary/aromatic N) is 3. The minimum Gasteiger partial charge on any atom is -0.497 e. The van der Waals surface area contributed by atoms with Crippen LogP contribution in [0.1, 0.15) is 29.2 Å². The highest BCUT2D eigenvalue weighted by Gasteiger charge is 2.39. The second-order valence-corrected chi connectivity index (χ2v) is 10.3. The number of sulfonamides is 1. The van der Waals surface area contributed by atoms with Crippen molar-refractivity contribution in [1.82, 2.24) is 9.40 Å². The molecule has 0 saturated carbocycles. The third kappa shape index (κ3) is 3.91. The number of aryl methyl sites for hydroxylation is 1. The standard InChI is InChI=1S/C26H22ClN3O3S/c1-17-7-6-8-19-15-22(26(27)28-25(17)19)24-16-23(18-11-13-20(33-2)14-12-18)29-30(24)34(31,32)21-9-4-3-5-10-21/h3-15,24H,16H2,1-2H3. The van der Waals surface area contributed by atoms with Crippen LogP contribution in [0.3, 0.4) is 0 Å². The highest BCUT2D eigenvalue weighted by molar-refractivity contribution is 7.89. The summed E-state index contributed by atoms with van der Waals surface area (Å²) >= 11 is 6.65. The zero-order valence-electron chi connectivity index (χ0n) is 18.6. The summed E-state index contributed by atoms with van der Waals surface area (Å²) in [5, 5.41) is 5.76. The van der Waals surface area contributed by atoms with E-state index in [1.54, 1.807) is 37.4 Å². The number of para-hydroxylation sites is 1. The van der Waals surface area contributed by atoms with Crippen molar-refractivity contribution in [2.75, 3.05) is 7.11 Å². The lowest BCUT2D eigenvalue weighted by Crippen LogP contribution is -2.27. The van der Waals surface area contributed by atoms with E-state index < -0.39 is 16.1 Å². The Hall–Kier alpha value is -3.42. The number of hydrogen-bond acceptors (Lipinski definition) is 5. The van der Waals surface area contributed by atoms with Gasteiger partial charge in [0, 0.05) is 17.4 Å². The predicted molar refractivity (Wildman–Crippen MR) is 134 cm³/mol. The van der Waals surface area contributed by atoms with Gasteiger partial charge in [-0.15, -0.1) is 0 Å². The Morgan fingerprint density at radius 1 is 1.00 bits per heavy atom. The monoisotopic (exact) mass is 491 g/mol. The van der Waals surface area contributed by atoms with E-state index in [4.69, 9.17) is 16.3 Å². The van der Waals surface area contributed by atoms with Crippen molar-refractivity contribution in [2.45, 2.75) is 24.3 Å². The Kier molecular flexibility index (Phi) is 5.75. The second-order valence-electron chi connectivity index (χ2n) is 8.10. The zero-order valence-corrected chi connectivity index (χ0v) is 20.2. The largest absolute Gasteiger partial charge is 0.497 e. The molecule has 8 heteroatoms. The molecule has 0 bridgehead atoms. The number of ether oxygens (including phenoxy) is 1. The molecule has 0 fully saturated rings. The number of methoxy groups -OCH3 is 1. The van der Waals surface area contributed by atoms with E-state index in [0.29, 0.717) is 23.4 Å². The molecule has 0 saturated heterocycles. The molecule has 4 aromatic rings. The van der Waals surface area contributed by atoms with Crippen molar-refractivity contribution in [1.29, 1.82) is 0 Å². The van der Waals surface area contributed by atoms with Crippen LogP contribution >= 0.6 is 11.6 Å². The Bertz CT molecular complexity index is 1500. The lowest BCUT2D eigenvalue weighted by atomic mass is 9.98. The molecule has 0 amide bonds. The Labute approximate surface area is 203 Å². The van der Waals surface area contributed by atoms with E-state index in [1.165, 1.54) is 4.41 Å². The maximum absolute atomic E-state index is 13.7. The molecule has 0 N–H and O–H groups in total. The first-order valence-electron chi connectivity index (χ1n) is 10.8. The molecule has 1 atom stereocenters. The molecule has 1 aliphatic rings. The lowest BCUT2D eigenvalue weighted by Gasteiger charge is -2.24. The molecule has 6 nitrogen and oxygen atoms in total. The van der Waals surface area contributed by atoms with Gasteiger partial charge in [0.25, 0.3) is 10.0 Å². The first-order chi connectivity index (χ1) is 16.4. The third-order valence-corrected chi connectivity index (χ3v) is 7.97. The summed E-state index contributed by atoms with van der Waals surface area (Å²) in [6.45, 7) is 1.97. The van der Waals surface area contributed by atoms with Crippen molar-refractivity contribution in [3.05, 3.63) is 101 Å². The fraction of sp³-hybridized carbons (Fsp3) is 0.154. The summed E-state index contributed by atoms with van der Waals surface area (Å²) in [5.41, 5.74) is 3.88. The normalized spacial score (nSPS) is 16.0. The second kappa shape index (κ2) is 8.74. The molecule has 0 spiro atoms. The van der Waals surface area contributed by atoms with Crippen molar-refractivity contribution in [3.63, 3.8) is 0 Å². The van der Waals surface area contributed by atoms with Gasteiger partial charge in [0.05, 0.1) is 29.3 Å². The van der Waals surface area contributed by atoms with Crippen molar-refractivity contribution in [2.24, 2.45) is 5.10 Å². The SMILES string of the molecule is COc1ccc(C2=NN(S(=O)(=O)c3ccccc3)C(c3cc4cccc(C)c4nc3Cl)C2)cc1. The first kappa shape index (κ1) is 22.4. The predicted octanol–water partition coefficient (Wildman–Crippen LogP) is 5.75. The van der Waals surface area contributed by atoms with Gasteiger partial charge in [0.2, 0.25) is 0 Å². The highest BCUT2D eigenvalue weighted by Crippen LogP contribution is 2.40. The number of pyridine rings is 1. The number of aromatic nitrogens is 1. The van der Waals surface area contributed by atoms with E-state index in [1.807, 2.05) is 55.5 Å². The molecule has 172 valence electrons. The quantitative estimate of drug-likeness (QED) is 0.333. The van der Waals surface area contributed by atoms with E-state index in [9.17, 15) is 8.42 Å². The number of fused-ring (bicyclic) bond motifs is 1. The first-order valence-corrected chi connectivity index (χ1v) is 12.6. The average molecular weight is 492 g/mol. The Balaban J connectivity index is 1.65. The molecule has 3 aromatic carbocycles. The smallest absolute Gasteiger partial charge is 0.279 e. The van der Waals surface area contributed by atoms with Gasteiger partial charge in [-0.3, -0.25) is 0 Å². The summed E-state index contributed by atoms with van der Waals surface area (Å²) in [5.74, 6) is 0.713. The van der Waals surface area contributed by atoms with E-state index in [2.05, 4.69) is 10.1 Å². The number of hydrogen-bond donors (Lipinski definition) is 0. The highest BCUT2D eigenvalue weighted by atomic mass is 35.5. The fourth-order valence-corrected chi connectivity index (χ4v) is 5.89. The van der Waals surface area contributed by atoms with Crippen molar-refractivity contribution < 1.29 is 13.2 Å². The molecule has 0 radical (unpaired) electrons. The van der Waals surface area contributed by atoms with Gasteiger partial charge in [0.15, 0.2) is 0 Å².